The van der Waals surface area contributed by atoms with Gasteiger partial charge in [-0.2, -0.15) is 13.2 Å². The third kappa shape index (κ3) is 1.58. The van der Waals surface area contributed by atoms with Crippen LogP contribution in [-0.2, 0) is 11.3 Å². The zero-order valence-electron chi connectivity index (χ0n) is 12.2. The minimum Gasteiger partial charge on any atom is -0.372 e. The van der Waals surface area contributed by atoms with Gasteiger partial charge in [0.1, 0.15) is 5.66 Å². The number of nitrogens with zero attached hydrogens (tertiary/aromatic N) is 1. The van der Waals surface area contributed by atoms with Crippen molar-refractivity contribution in [3.63, 3.8) is 0 Å². The summed E-state index contributed by atoms with van der Waals surface area (Å²) in [5, 5.41) is 13.3. The number of nitrogens with one attached hydrogen (secondary N) is 1. The highest BCUT2D eigenvalue weighted by Crippen LogP contribution is 2.53. The predicted octanol–water partition coefficient (Wildman–Crippen LogP) is 2.17. The van der Waals surface area contributed by atoms with Gasteiger partial charge in [0, 0.05) is 12.5 Å². The lowest BCUT2D eigenvalue weighted by Gasteiger charge is -2.45. The SMILES string of the molecule is CC[C@]12NCc3ccccc3N1C(=O)[C@](O)(C(F)(F)F)[C@H]2C. The molecule has 2 aliphatic rings. The number of carbonyl (C=O) groups is 1. The van der Waals surface area contributed by atoms with Crippen molar-refractivity contribution in [1.29, 1.82) is 0 Å². The van der Waals surface area contributed by atoms with Crippen molar-refractivity contribution < 1.29 is 23.1 Å². The summed E-state index contributed by atoms with van der Waals surface area (Å²) in [6.45, 7) is 3.34. The molecule has 3 rings (SSSR count). The second kappa shape index (κ2) is 4.45. The molecule has 1 aromatic carbocycles. The Bertz CT molecular complexity index is 633. The van der Waals surface area contributed by atoms with Crippen LogP contribution in [0.1, 0.15) is 25.8 Å². The maximum absolute atomic E-state index is 13.4. The van der Waals surface area contributed by atoms with Crippen LogP contribution in [0.4, 0.5) is 18.9 Å². The molecule has 2 N–H and O–H groups in total. The standard InChI is InChI=1S/C15H17F3N2O2/c1-3-13-9(2)14(22,15(16,17)18)12(21)20(13)11-7-5-4-6-10(11)8-19-13/h4-7,9,19,22H,3,8H2,1-2H3/t9-,13-,14-/m0/s1. The first-order valence-corrected chi connectivity index (χ1v) is 7.17. The zero-order valence-corrected chi connectivity index (χ0v) is 12.2. The van der Waals surface area contributed by atoms with E-state index in [0.29, 0.717) is 12.2 Å². The first-order chi connectivity index (χ1) is 10.2. The van der Waals surface area contributed by atoms with Crippen LogP contribution in [0.5, 0.6) is 0 Å². The number of alkyl halides is 3. The molecule has 2 heterocycles. The second-order valence-corrected chi connectivity index (χ2v) is 5.89. The Kier molecular flexibility index (Phi) is 3.10. The number of carbonyl (C=O) groups excluding carboxylic acids is 1. The van der Waals surface area contributed by atoms with Crippen molar-refractivity contribution in [2.45, 2.75) is 44.3 Å². The number of fused-ring (bicyclic) bond motifs is 3. The lowest BCUT2D eigenvalue weighted by molar-refractivity contribution is -0.262. The van der Waals surface area contributed by atoms with Crippen LogP contribution >= 0.6 is 0 Å². The molecule has 0 saturated carbocycles. The van der Waals surface area contributed by atoms with Gasteiger partial charge in [0.05, 0.1) is 5.69 Å². The summed E-state index contributed by atoms with van der Waals surface area (Å²) in [5.41, 5.74) is -3.46. The highest BCUT2D eigenvalue weighted by molar-refractivity contribution is 6.05. The third-order valence-electron chi connectivity index (χ3n) is 5.06. The van der Waals surface area contributed by atoms with Crippen molar-refractivity contribution in [3.8, 4) is 0 Å². The van der Waals surface area contributed by atoms with E-state index < -0.39 is 29.3 Å². The molecule has 0 aliphatic carbocycles. The number of anilines is 1. The summed E-state index contributed by atoms with van der Waals surface area (Å²) in [6, 6.07) is 6.81. The fourth-order valence-electron chi connectivity index (χ4n) is 3.72. The fraction of sp³-hybridized carbons (Fsp3) is 0.533. The molecule has 1 amide bonds. The van der Waals surface area contributed by atoms with Gasteiger partial charge in [-0.05, 0) is 18.1 Å². The third-order valence-corrected chi connectivity index (χ3v) is 5.06. The molecular formula is C15H17F3N2O2. The van der Waals surface area contributed by atoms with Gasteiger partial charge in [0.25, 0.3) is 5.91 Å². The molecule has 2 aliphatic heterocycles. The van der Waals surface area contributed by atoms with Crippen molar-refractivity contribution in [1.82, 2.24) is 5.32 Å². The molecule has 0 bridgehead atoms. The number of halogens is 3. The van der Waals surface area contributed by atoms with E-state index in [1.807, 2.05) is 0 Å². The summed E-state index contributed by atoms with van der Waals surface area (Å²) >= 11 is 0. The van der Waals surface area contributed by atoms with Crippen LogP contribution in [0.3, 0.4) is 0 Å². The average molecular weight is 314 g/mol. The molecule has 1 saturated heterocycles. The maximum Gasteiger partial charge on any atom is 0.426 e. The smallest absolute Gasteiger partial charge is 0.372 e. The average Bonchev–Trinajstić information content (AvgIpc) is 2.67. The lowest BCUT2D eigenvalue weighted by Crippen LogP contribution is -2.62. The molecule has 0 radical (unpaired) electrons. The van der Waals surface area contributed by atoms with E-state index >= 15 is 0 Å². The van der Waals surface area contributed by atoms with Crippen LogP contribution in [-0.4, -0.2) is 28.5 Å². The largest absolute Gasteiger partial charge is 0.426 e. The molecule has 120 valence electrons. The van der Waals surface area contributed by atoms with Crippen molar-refractivity contribution in [3.05, 3.63) is 29.8 Å². The van der Waals surface area contributed by atoms with E-state index in [4.69, 9.17) is 0 Å². The monoisotopic (exact) mass is 314 g/mol. The van der Waals surface area contributed by atoms with Crippen molar-refractivity contribution in [2.75, 3.05) is 4.90 Å². The Morgan fingerprint density at radius 3 is 2.64 bits per heavy atom. The van der Waals surface area contributed by atoms with Crippen LogP contribution in [0, 0.1) is 5.92 Å². The van der Waals surface area contributed by atoms with Crippen LogP contribution in [0.15, 0.2) is 24.3 Å². The summed E-state index contributed by atoms with van der Waals surface area (Å²) in [5.74, 6) is -2.64. The maximum atomic E-state index is 13.4. The summed E-state index contributed by atoms with van der Waals surface area (Å²) in [4.78, 5) is 13.7. The normalized spacial score (nSPS) is 34.5. The molecule has 3 atom stereocenters. The van der Waals surface area contributed by atoms with E-state index in [1.54, 1.807) is 31.2 Å². The van der Waals surface area contributed by atoms with Gasteiger partial charge < -0.3 is 5.11 Å². The van der Waals surface area contributed by atoms with E-state index in [9.17, 15) is 23.1 Å². The van der Waals surface area contributed by atoms with Gasteiger partial charge in [-0.3, -0.25) is 15.0 Å². The Balaban J connectivity index is 2.24. The number of benzene rings is 1. The summed E-state index contributed by atoms with van der Waals surface area (Å²) in [7, 11) is 0. The number of aliphatic hydroxyl groups is 1. The van der Waals surface area contributed by atoms with Crippen molar-refractivity contribution >= 4 is 11.6 Å². The Hall–Kier alpha value is -1.60. The van der Waals surface area contributed by atoms with E-state index in [1.165, 1.54) is 6.92 Å². The predicted molar refractivity (Wildman–Crippen MR) is 74.0 cm³/mol. The van der Waals surface area contributed by atoms with Gasteiger partial charge >= 0.3 is 6.18 Å². The molecule has 0 spiro atoms. The molecule has 1 fully saturated rings. The number of amides is 1. The quantitative estimate of drug-likeness (QED) is 0.835. The Morgan fingerprint density at radius 1 is 1.41 bits per heavy atom. The van der Waals surface area contributed by atoms with Crippen molar-refractivity contribution in [2.24, 2.45) is 5.92 Å². The van der Waals surface area contributed by atoms with E-state index in [2.05, 4.69) is 5.32 Å². The number of hydrogen-bond acceptors (Lipinski definition) is 3. The van der Waals surface area contributed by atoms with E-state index in [0.717, 1.165) is 10.5 Å². The molecule has 7 heteroatoms. The minimum atomic E-state index is -5.03. The molecule has 0 aromatic heterocycles. The molecule has 4 nitrogen and oxygen atoms in total. The summed E-state index contributed by atoms with van der Waals surface area (Å²) < 4.78 is 40.3. The highest BCUT2D eigenvalue weighted by atomic mass is 19.4. The summed E-state index contributed by atoms with van der Waals surface area (Å²) in [6.07, 6.45) is -4.77. The molecule has 22 heavy (non-hydrogen) atoms. The fourth-order valence-corrected chi connectivity index (χ4v) is 3.72. The Labute approximate surface area is 125 Å². The second-order valence-electron chi connectivity index (χ2n) is 5.89. The molecule has 1 aromatic rings. The number of para-hydroxylation sites is 1. The highest BCUT2D eigenvalue weighted by Gasteiger charge is 2.75. The van der Waals surface area contributed by atoms with E-state index in [-0.39, 0.29) is 6.42 Å². The molecular weight excluding hydrogens is 297 g/mol. The van der Waals surface area contributed by atoms with Gasteiger partial charge in [-0.25, -0.2) is 0 Å². The van der Waals surface area contributed by atoms with Crippen LogP contribution in [0.25, 0.3) is 0 Å². The minimum absolute atomic E-state index is 0.257. The Morgan fingerprint density at radius 2 is 2.05 bits per heavy atom. The first-order valence-electron chi connectivity index (χ1n) is 7.17. The first kappa shape index (κ1) is 15.3. The van der Waals surface area contributed by atoms with Crippen LogP contribution < -0.4 is 10.2 Å². The van der Waals surface area contributed by atoms with Gasteiger partial charge in [0.2, 0.25) is 5.60 Å². The van der Waals surface area contributed by atoms with Gasteiger partial charge in [0.15, 0.2) is 0 Å². The molecule has 0 unspecified atom stereocenters. The zero-order chi connectivity index (χ0) is 16.3. The van der Waals surface area contributed by atoms with Crippen LogP contribution in [0.2, 0.25) is 0 Å². The topological polar surface area (TPSA) is 52.6 Å². The van der Waals surface area contributed by atoms with Gasteiger partial charge in [-0.15, -0.1) is 0 Å². The lowest BCUT2D eigenvalue weighted by atomic mass is 9.81. The number of rotatable bonds is 1. The number of hydrogen-bond donors (Lipinski definition) is 2. The van der Waals surface area contributed by atoms with Gasteiger partial charge in [-0.1, -0.05) is 32.0 Å².